The lowest BCUT2D eigenvalue weighted by Gasteiger charge is -2.36. The molecule has 10 heteroatoms. The molecule has 0 unspecified atom stereocenters. The smallest absolute Gasteiger partial charge is 0.353 e. The van der Waals surface area contributed by atoms with Crippen LogP contribution in [0.15, 0.2) is 18.2 Å². The molecule has 0 radical (unpaired) electrons. The highest BCUT2D eigenvalue weighted by atomic mass is 19.4. The van der Waals surface area contributed by atoms with Crippen LogP contribution < -0.4 is 9.80 Å². The summed E-state index contributed by atoms with van der Waals surface area (Å²) in [6, 6.07) is 4.93. The number of piperazine rings is 1. The summed E-state index contributed by atoms with van der Waals surface area (Å²) in [5.74, 6) is 1.36. The molecule has 0 saturated carbocycles. The molecular weight excluding hydrogens is 371 g/mol. The van der Waals surface area contributed by atoms with E-state index in [1.165, 1.54) is 6.92 Å². The predicted octanol–water partition coefficient (Wildman–Crippen LogP) is 2.79. The molecule has 3 aromatic rings. The van der Waals surface area contributed by atoms with Gasteiger partial charge in [-0.25, -0.2) is 15.0 Å². The lowest BCUT2D eigenvalue weighted by atomic mass is 10.2. The molecule has 148 valence electrons. The zero-order chi connectivity index (χ0) is 20.1. The fourth-order valence-corrected chi connectivity index (χ4v) is 3.44. The molecule has 0 amide bonds. The number of alkyl halides is 3. The van der Waals surface area contributed by atoms with E-state index in [4.69, 9.17) is 0 Å². The molecule has 4 rings (SSSR count). The van der Waals surface area contributed by atoms with E-state index in [-0.39, 0.29) is 5.82 Å². The van der Waals surface area contributed by atoms with Crippen LogP contribution in [0.3, 0.4) is 0 Å². The van der Waals surface area contributed by atoms with Crippen molar-refractivity contribution in [3.8, 4) is 0 Å². The number of fused-ring (bicyclic) bond motifs is 1. The van der Waals surface area contributed by atoms with E-state index < -0.39 is 11.9 Å². The first kappa shape index (κ1) is 18.5. The number of aryl methyl sites for hydroxylation is 3. The molecule has 7 nitrogen and oxygen atoms in total. The Balaban J connectivity index is 1.57. The Bertz CT molecular complexity index is 1020. The largest absolute Gasteiger partial charge is 0.433 e. The van der Waals surface area contributed by atoms with Gasteiger partial charge in [0.2, 0.25) is 0 Å². The van der Waals surface area contributed by atoms with E-state index in [1.54, 1.807) is 0 Å². The van der Waals surface area contributed by atoms with Crippen molar-refractivity contribution in [1.29, 1.82) is 0 Å². The molecule has 1 saturated heterocycles. The van der Waals surface area contributed by atoms with Crippen LogP contribution in [-0.4, -0.2) is 50.7 Å². The molecule has 3 aromatic heterocycles. The van der Waals surface area contributed by atoms with Gasteiger partial charge in [-0.3, -0.25) is 0 Å². The molecule has 0 bridgehead atoms. The number of rotatable bonds is 2. The van der Waals surface area contributed by atoms with Crippen LogP contribution in [0.1, 0.15) is 22.9 Å². The molecular formula is C18H20F3N7. The Labute approximate surface area is 159 Å². The molecule has 1 aliphatic heterocycles. The maximum absolute atomic E-state index is 13.1. The van der Waals surface area contributed by atoms with Crippen LogP contribution in [0.4, 0.5) is 24.8 Å². The van der Waals surface area contributed by atoms with Crippen LogP contribution in [0.5, 0.6) is 0 Å². The molecule has 28 heavy (non-hydrogen) atoms. The van der Waals surface area contributed by atoms with Crippen LogP contribution >= 0.6 is 0 Å². The second-order valence-electron chi connectivity index (χ2n) is 6.94. The topological polar surface area (TPSA) is 62.5 Å². The summed E-state index contributed by atoms with van der Waals surface area (Å²) in [6.45, 7) is 7.72. The number of hydrogen-bond acceptors (Lipinski definition) is 6. The van der Waals surface area contributed by atoms with Crippen molar-refractivity contribution in [2.75, 3.05) is 36.0 Å². The van der Waals surface area contributed by atoms with Crippen LogP contribution in [0, 0.1) is 20.8 Å². The molecule has 0 atom stereocenters. The second-order valence-corrected chi connectivity index (χ2v) is 6.94. The van der Waals surface area contributed by atoms with Gasteiger partial charge in [0.05, 0.1) is 5.69 Å². The average molecular weight is 391 g/mol. The molecule has 4 heterocycles. The van der Waals surface area contributed by atoms with Gasteiger partial charge in [0.1, 0.15) is 23.2 Å². The minimum atomic E-state index is -4.48. The lowest BCUT2D eigenvalue weighted by molar-refractivity contribution is -0.141. The Morgan fingerprint density at radius 3 is 2.18 bits per heavy atom. The van der Waals surface area contributed by atoms with Crippen LogP contribution in [-0.2, 0) is 6.18 Å². The van der Waals surface area contributed by atoms with E-state index in [0.717, 1.165) is 28.9 Å². The maximum Gasteiger partial charge on any atom is 0.433 e. The normalized spacial score (nSPS) is 15.5. The first-order valence-electron chi connectivity index (χ1n) is 8.97. The van der Waals surface area contributed by atoms with Crippen molar-refractivity contribution >= 4 is 17.3 Å². The Morgan fingerprint density at radius 2 is 1.50 bits per heavy atom. The van der Waals surface area contributed by atoms with Crippen molar-refractivity contribution in [1.82, 2.24) is 24.6 Å². The number of hydrogen-bond donors (Lipinski definition) is 0. The average Bonchev–Trinajstić information content (AvgIpc) is 3.00. The first-order valence-corrected chi connectivity index (χ1v) is 8.97. The van der Waals surface area contributed by atoms with E-state index in [2.05, 4.69) is 25.0 Å². The summed E-state index contributed by atoms with van der Waals surface area (Å²) in [5.41, 5.74) is 1.66. The van der Waals surface area contributed by atoms with Crippen LogP contribution in [0.2, 0.25) is 0 Å². The monoisotopic (exact) mass is 391 g/mol. The molecule has 0 aromatic carbocycles. The molecule has 0 spiro atoms. The quantitative estimate of drug-likeness (QED) is 0.670. The Kier molecular flexibility index (Phi) is 4.35. The van der Waals surface area contributed by atoms with E-state index in [9.17, 15) is 13.2 Å². The number of nitrogens with zero attached hydrogens (tertiary/aromatic N) is 7. The second kappa shape index (κ2) is 6.61. The molecule has 1 aliphatic rings. The minimum Gasteiger partial charge on any atom is -0.353 e. The van der Waals surface area contributed by atoms with Gasteiger partial charge in [-0.1, -0.05) is 0 Å². The van der Waals surface area contributed by atoms with E-state index in [1.807, 2.05) is 35.4 Å². The third-order valence-electron chi connectivity index (χ3n) is 4.70. The Hall–Kier alpha value is -2.91. The van der Waals surface area contributed by atoms with Crippen molar-refractivity contribution in [2.24, 2.45) is 0 Å². The first-order chi connectivity index (χ1) is 13.2. The number of aromatic nitrogens is 5. The molecule has 0 N–H and O–H groups in total. The summed E-state index contributed by atoms with van der Waals surface area (Å²) in [4.78, 5) is 16.2. The maximum atomic E-state index is 13.1. The highest BCUT2D eigenvalue weighted by molar-refractivity contribution is 5.53. The number of anilines is 2. The SMILES string of the molecule is Cc1cc(N2CCN(c3cc(C(F)(F)F)nc(C)n3)CC2)n2nc(C)cc2n1. The van der Waals surface area contributed by atoms with Gasteiger partial charge in [0.15, 0.2) is 5.65 Å². The van der Waals surface area contributed by atoms with E-state index >= 15 is 0 Å². The fourth-order valence-electron chi connectivity index (χ4n) is 3.44. The fraction of sp³-hybridized carbons (Fsp3) is 0.444. The zero-order valence-corrected chi connectivity index (χ0v) is 15.8. The third kappa shape index (κ3) is 3.46. The predicted molar refractivity (Wildman–Crippen MR) is 98.7 cm³/mol. The summed E-state index contributed by atoms with van der Waals surface area (Å²) < 4.78 is 41.0. The highest BCUT2D eigenvalue weighted by Gasteiger charge is 2.34. The van der Waals surface area contributed by atoms with Gasteiger partial charge in [0, 0.05) is 50.1 Å². The van der Waals surface area contributed by atoms with Crippen molar-refractivity contribution in [3.05, 3.63) is 41.1 Å². The lowest BCUT2D eigenvalue weighted by Crippen LogP contribution is -2.47. The minimum absolute atomic E-state index is 0.116. The highest BCUT2D eigenvalue weighted by Crippen LogP contribution is 2.30. The molecule has 0 aliphatic carbocycles. The van der Waals surface area contributed by atoms with Crippen molar-refractivity contribution in [2.45, 2.75) is 26.9 Å². The summed E-state index contributed by atoms with van der Waals surface area (Å²) in [5, 5.41) is 4.51. The van der Waals surface area contributed by atoms with E-state index in [0.29, 0.717) is 32.0 Å². The summed E-state index contributed by atoms with van der Waals surface area (Å²) in [7, 11) is 0. The van der Waals surface area contributed by atoms with Gasteiger partial charge in [-0.2, -0.15) is 22.8 Å². The number of halogens is 3. The van der Waals surface area contributed by atoms with Crippen molar-refractivity contribution in [3.63, 3.8) is 0 Å². The van der Waals surface area contributed by atoms with Gasteiger partial charge in [-0.15, -0.1) is 0 Å². The van der Waals surface area contributed by atoms with Gasteiger partial charge in [0.25, 0.3) is 0 Å². The third-order valence-corrected chi connectivity index (χ3v) is 4.70. The summed E-state index contributed by atoms with van der Waals surface area (Å²) in [6.07, 6.45) is -4.48. The van der Waals surface area contributed by atoms with Crippen LogP contribution in [0.25, 0.3) is 5.65 Å². The standard InChI is InChI=1S/C18H20F3N7/c1-11-9-17(28-16(22-11)8-12(2)25-28)27-6-4-26(5-7-27)15-10-14(18(19,20)21)23-13(3)24-15/h8-10H,4-7H2,1-3H3. The van der Waals surface area contributed by atoms with Gasteiger partial charge in [-0.05, 0) is 20.8 Å². The Morgan fingerprint density at radius 1 is 0.821 bits per heavy atom. The van der Waals surface area contributed by atoms with Gasteiger partial charge >= 0.3 is 6.18 Å². The summed E-state index contributed by atoms with van der Waals surface area (Å²) >= 11 is 0. The van der Waals surface area contributed by atoms with Gasteiger partial charge < -0.3 is 9.80 Å². The molecule has 1 fully saturated rings. The van der Waals surface area contributed by atoms with Crippen molar-refractivity contribution < 1.29 is 13.2 Å². The zero-order valence-electron chi connectivity index (χ0n) is 15.8.